The number of nitro benzene ring substituents is 1. The van der Waals surface area contributed by atoms with Gasteiger partial charge < -0.3 is 4.90 Å². The summed E-state index contributed by atoms with van der Waals surface area (Å²) in [6.07, 6.45) is 0. The second kappa shape index (κ2) is 8.47. The van der Waals surface area contributed by atoms with Crippen molar-refractivity contribution in [3.63, 3.8) is 0 Å². The van der Waals surface area contributed by atoms with E-state index in [4.69, 9.17) is 0 Å². The average Bonchev–Trinajstić information content (AvgIpc) is 3.05. The number of benzene rings is 3. The van der Waals surface area contributed by atoms with E-state index in [2.05, 4.69) is 0 Å². The maximum atomic E-state index is 13.7. The number of amides is 2. The van der Waals surface area contributed by atoms with Crippen LogP contribution in [0.1, 0.15) is 18.1 Å². The van der Waals surface area contributed by atoms with Gasteiger partial charge in [-0.25, -0.2) is 4.90 Å². The van der Waals surface area contributed by atoms with Crippen molar-refractivity contribution in [1.82, 2.24) is 0 Å². The SMILES string of the molecule is CCN(C1=C(c2ccc([N+](=O)[O-])cc2)C(=O)N(c2cccc(C)c2)C1=O)c1ccccc1. The van der Waals surface area contributed by atoms with Crippen LogP contribution >= 0.6 is 0 Å². The Morgan fingerprint density at radius 2 is 1.59 bits per heavy atom. The Kier molecular flexibility index (Phi) is 5.55. The Bertz CT molecular complexity index is 1230. The molecule has 0 spiro atoms. The molecule has 0 saturated heterocycles. The molecular formula is C25H21N3O4. The van der Waals surface area contributed by atoms with E-state index in [-0.39, 0.29) is 17.0 Å². The molecule has 4 rings (SSSR count). The number of nitrogens with zero attached hydrogens (tertiary/aromatic N) is 3. The lowest BCUT2D eigenvalue weighted by molar-refractivity contribution is -0.384. The third-order valence-electron chi connectivity index (χ3n) is 5.34. The van der Waals surface area contributed by atoms with Crippen LogP contribution in [0.4, 0.5) is 17.1 Å². The number of nitro groups is 1. The summed E-state index contributed by atoms with van der Waals surface area (Å²) in [7, 11) is 0. The standard InChI is InChI=1S/C25H21N3O4/c1-3-26(19-9-5-4-6-10-19)23-22(18-12-14-20(15-13-18)28(31)32)24(29)27(25(23)30)21-11-7-8-17(2)16-21/h4-16H,3H2,1-2H3. The van der Waals surface area contributed by atoms with Crippen LogP contribution in [0.15, 0.2) is 84.6 Å². The maximum absolute atomic E-state index is 13.7. The van der Waals surface area contributed by atoms with Crippen molar-refractivity contribution >= 4 is 34.4 Å². The summed E-state index contributed by atoms with van der Waals surface area (Å²) in [5.74, 6) is -0.890. The second-order valence-corrected chi connectivity index (χ2v) is 7.39. The summed E-state index contributed by atoms with van der Waals surface area (Å²) in [5.41, 5.74) is 3.02. The van der Waals surface area contributed by atoms with Crippen LogP contribution in [0, 0.1) is 17.0 Å². The van der Waals surface area contributed by atoms with Gasteiger partial charge >= 0.3 is 0 Å². The molecule has 0 N–H and O–H groups in total. The zero-order valence-corrected chi connectivity index (χ0v) is 17.7. The molecule has 0 bridgehead atoms. The highest BCUT2D eigenvalue weighted by Crippen LogP contribution is 2.37. The summed E-state index contributed by atoms with van der Waals surface area (Å²) >= 11 is 0. The van der Waals surface area contributed by atoms with E-state index >= 15 is 0 Å². The van der Waals surface area contributed by atoms with Crippen molar-refractivity contribution in [1.29, 1.82) is 0 Å². The number of hydrogen-bond acceptors (Lipinski definition) is 5. The van der Waals surface area contributed by atoms with Crippen molar-refractivity contribution in [3.05, 3.63) is 106 Å². The Hall–Kier alpha value is -4.26. The molecule has 1 aliphatic heterocycles. The predicted molar refractivity (Wildman–Crippen MR) is 123 cm³/mol. The Morgan fingerprint density at radius 3 is 2.19 bits per heavy atom. The van der Waals surface area contributed by atoms with E-state index in [1.165, 1.54) is 29.2 Å². The Morgan fingerprint density at radius 1 is 0.906 bits per heavy atom. The van der Waals surface area contributed by atoms with Gasteiger partial charge in [-0.1, -0.05) is 30.3 Å². The van der Waals surface area contributed by atoms with E-state index < -0.39 is 16.7 Å². The number of para-hydroxylation sites is 1. The summed E-state index contributed by atoms with van der Waals surface area (Å²) in [6, 6.07) is 22.2. The van der Waals surface area contributed by atoms with E-state index in [9.17, 15) is 19.7 Å². The molecule has 7 heteroatoms. The summed E-state index contributed by atoms with van der Waals surface area (Å²) < 4.78 is 0. The fourth-order valence-corrected chi connectivity index (χ4v) is 3.86. The highest BCUT2D eigenvalue weighted by atomic mass is 16.6. The number of carbonyl (C=O) groups excluding carboxylic acids is 2. The number of likely N-dealkylation sites (N-methyl/N-ethyl adjacent to an activating group) is 1. The van der Waals surface area contributed by atoms with Crippen LogP contribution < -0.4 is 9.80 Å². The fourth-order valence-electron chi connectivity index (χ4n) is 3.86. The van der Waals surface area contributed by atoms with Gasteiger partial charge in [0.2, 0.25) is 0 Å². The number of carbonyl (C=O) groups is 2. The zero-order valence-electron chi connectivity index (χ0n) is 17.7. The van der Waals surface area contributed by atoms with Crippen LogP contribution in [0.2, 0.25) is 0 Å². The molecule has 2 amide bonds. The van der Waals surface area contributed by atoms with Crippen molar-refractivity contribution in [3.8, 4) is 0 Å². The lowest BCUT2D eigenvalue weighted by atomic mass is 10.0. The third-order valence-corrected chi connectivity index (χ3v) is 5.34. The molecule has 3 aromatic rings. The molecule has 3 aromatic carbocycles. The highest BCUT2D eigenvalue weighted by molar-refractivity contribution is 6.46. The number of non-ortho nitro benzene ring substituents is 1. The van der Waals surface area contributed by atoms with Crippen molar-refractivity contribution in [2.75, 3.05) is 16.3 Å². The predicted octanol–water partition coefficient (Wildman–Crippen LogP) is 4.71. The van der Waals surface area contributed by atoms with Crippen molar-refractivity contribution in [2.24, 2.45) is 0 Å². The molecule has 0 saturated carbocycles. The molecule has 32 heavy (non-hydrogen) atoms. The molecule has 0 unspecified atom stereocenters. The molecule has 0 atom stereocenters. The first-order chi connectivity index (χ1) is 15.4. The number of anilines is 2. The number of rotatable bonds is 6. The van der Waals surface area contributed by atoms with Gasteiger partial charge in [-0.2, -0.15) is 0 Å². The minimum absolute atomic E-state index is 0.0846. The fraction of sp³-hybridized carbons (Fsp3) is 0.120. The quantitative estimate of drug-likeness (QED) is 0.323. The molecule has 0 aromatic heterocycles. The van der Waals surface area contributed by atoms with Gasteiger partial charge in [0.25, 0.3) is 17.5 Å². The van der Waals surface area contributed by atoms with Crippen LogP contribution in [0.5, 0.6) is 0 Å². The Balaban J connectivity index is 1.90. The topological polar surface area (TPSA) is 83.8 Å². The largest absolute Gasteiger partial charge is 0.337 e. The monoisotopic (exact) mass is 427 g/mol. The molecule has 0 aliphatic carbocycles. The smallest absolute Gasteiger partial charge is 0.282 e. The lowest BCUT2D eigenvalue weighted by Gasteiger charge is -2.25. The molecule has 1 heterocycles. The van der Waals surface area contributed by atoms with Gasteiger partial charge in [-0.3, -0.25) is 19.7 Å². The van der Waals surface area contributed by atoms with Crippen LogP contribution in [-0.4, -0.2) is 23.3 Å². The first-order valence-corrected chi connectivity index (χ1v) is 10.2. The normalized spacial score (nSPS) is 13.6. The highest BCUT2D eigenvalue weighted by Gasteiger charge is 2.42. The Labute approximate surface area is 185 Å². The summed E-state index contributed by atoms with van der Waals surface area (Å²) in [5, 5.41) is 11.1. The summed E-state index contributed by atoms with van der Waals surface area (Å²) in [6.45, 7) is 4.25. The van der Waals surface area contributed by atoms with Crippen LogP contribution in [0.25, 0.3) is 5.57 Å². The van der Waals surface area contributed by atoms with Crippen molar-refractivity contribution < 1.29 is 14.5 Å². The van der Waals surface area contributed by atoms with E-state index in [1.807, 2.05) is 50.2 Å². The van der Waals surface area contributed by atoms with E-state index in [0.717, 1.165) is 11.3 Å². The molecule has 160 valence electrons. The molecule has 7 nitrogen and oxygen atoms in total. The summed E-state index contributed by atoms with van der Waals surface area (Å²) in [4.78, 5) is 40.8. The molecular weight excluding hydrogens is 406 g/mol. The zero-order chi connectivity index (χ0) is 22.8. The first-order valence-electron chi connectivity index (χ1n) is 10.2. The first kappa shape index (κ1) is 21.0. The number of imide groups is 1. The molecule has 0 fully saturated rings. The van der Waals surface area contributed by atoms with Crippen molar-refractivity contribution in [2.45, 2.75) is 13.8 Å². The van der Waals surface area contributed by atoms with Crippen LogP contribution in [-0.2, 0) is 9.59 Å². The maximum Gasteiger partial charge on any atom is 0.282 e. The average molecular weight is 427 g/mol. The lowest BCUT2D eigenvalue weighted by Crippen LogP contribution is -2.35. The van der Waals surface area contributed by atoms with Crippen LogP contribution in [0.3, 0.4) is 0 Å². The van der Waals surface area contributed by atoms with Gasteiger partial charge in [-0.05, 0) is 61.4 Å². The molecule has 1 aliphatic rings. The van der Waals surface area contributed by atoms with Gasteiger partial charge in [0.1, 0.15) is 5.70 Å². The number of hydrogen-bond donors (Lipinski definition) is 0. The second-order valence-electron chi connectivity index (χ2n) is 7.39. The van der Waals surface area contributed by atoms with E-state index in [0.29, 0.717) is 17.8 Å². The third kappa shape index (κ3) is 3.65. The minimum atomic E-state index is -0.498. The van der Waals surface area contributed by atoms with Gasteiger partial charge in [0.05, 0.1) is 16.2 Å². The van der Waals surface area contributed by atoms with Gasteiger partial charge in [0.15, 0.2) is 0 Å². The number of aryl methyl sites for hydroxylation is 1. The minimum Gasteiger partial charge on any atom is -0.337 e. The van der Waals surface area contributed by atoms with E-state index in [1.54, 1.807) is 23.1 Å². The van der Waals surface area contributed by atoms with Gasteiger partial charge in [0, 0.05) is 24.4 Å². The molecule has 0 radical (unpaired) electrons. The van der Waals surface area contributed by atoms with Gasteiger partial charge in [-0.15, -0.1) is 0 Å².